The lowest BCUT2D eigenvalue weighted by atomic mass is 10.0. The number of sulfone groups is 1. The number of likely N-dealkylation sites (tertiary alicyclic amines) is 1. The molecule has 1 atom stereocenters. The number of amides is 1. The van der Waals surface area contributed by atoms with Crippen LogP contribution in [0.5, 0.6) is 0 Å². The van der Waals surface area contributed by atoms with Crippen LogP contribution in [-0.4, -0.2) is 42.7 Å². The summed E-state index contributed by atoms with van der Waals surface area (Å²) >= 11 is 0. The largest absolute Gasteiger partial charge is 0.356 e. The first-order valence-electron chi connectivity index (χ1n) is 8.45. The van der Waals surface area contributed by atoms with Crippen molar-refractivity contribution in [2.75, 3.05) is 12.3 Å². The first kappa shape index (κ1) is 17.7. The summed E-state index contributed by atoms with van der Waals surface area (Å²) in [6, 6.07) is 11.1. The predicted molar refractivity (Wildman–Crippen MR) is 94.5 cm³/mol. The van der Waals surface area contributed by atoms with Gasteiger partial charge in [0.15, 0.2) is 15.6 Å². The fourth-order valence-electron chi connectivity index (χ4n) is 3.13. The SMILES string of the molecule is CC1CCCCN1C(=O)CS(=O)(=O)Cc1cc(-c2ccccc2)on1. The Kier molecular flexibility index (Phi) is 5.22. The molecule has 0 radical (unpaired) electrons. The fourth-order valence-corrected chi connectivity index (χ4v) is 4.37. The molecular weight excluding hydrogens is 340 g/mol. The average Bonchev–Trinajstić information content (AvgIpc) is 3.03. The summed E-state index contributed by atoms with van der Waals surface area (Å²) in [5.74, 6) is -0.580. The molecule has 1 aliphatic heterocycles. The van der Waals surface area contributed by atoms with Gasteiger partial charge in [0.05, 0.1) is 11.4 Å². The van der Waals surface area contributed by atoms with Crippen molar-refractivity contribution < 1.29 is 17.7 Å². The lowest BCUT2D eigenvalue weighted by molar-refractivity contribution is -0.131. The fraction of sp³-hybridized carbons (Fsp3) is 0.444. The van der Waals surface area contributed by atoms with Crippen LogP contribution < -0.4 is 0 Å². The van der Waals surface area contributed by atoms with E-state index in [1.807, 2.05) is 37.3 Å². The number of nitrogens with zero attached hydrogens (tertiary/aromatic N) is 2. The Labute approximate surface area is 147 Å². The molecule has 134 valence electrons. The van der Waals surface area contributed by atoms with E-state index in [1.54, 1.807) is 11.0 Å². The number of carbonyl (C=O) groups excluding carboxylic acids is 1. The van der Waals surface area contributed by atoms with E-state index in [1.165, 1.54) is 0 Å². The second kappa shape index (κ2) is 7.39. The molecule has 6 nitrogen and oxygen atoms in total. The van der Waals surface area contributed by atoms with Crippen LogP contribution in [0.3, 0.4) is 0 Å². The monoisotopic (exact) mass is 362 g/mol. The zero-order valence-corrected chi connectivity index (χ0v) is 15.0. The number of aromatic nitrogens is 1. The summed E-state index contributed by atoms with van der Waals surface area (Å²) in [4.78, 5) is 14.0. The van der Waals surface area contributed by atoms with Gasteiger partial charge in [-0.2, -0.15) is 0 Å². The maximum Gasteiger partial charge on any atom is 0.238 e. The van der Waals surface area contributed by atoms with Gasteiger partial charge in [-0.1, -0.05) is 35.5 Å². The van der Waals surface area contributed by atoms with E-state index >= 15 is 0 Å². The summed E-state index contributed by atoms with van der Waals surface area (Å²) in [7, 11) is -3.59. The van der Waals surface area contributed by atoms with Gasteiger partial charge in [-0.3, -0.25) is 4.79 Å². The van der Waals surface area contributed by atoms with Gasteiger partial charge in [-0.15, -0.1) is 0 Å². The molecule has 2 aromatic rings. The van der Waals surface area contributed by atoms with Crippen molar-refractivity contribution in [2.24, 2.45) is 0 Å². The summed E-state index contributed by atoms with van der Waals surface area (Å²) in [5.41, 5.74) is 1.15. The molecule has 3 rings (SSSR count). The molecule has 1 amide bonds. The minimum Gasteiger partial charge on any atom is -0.356 e. The molecule has 2 heterocycles. The van der Waals surface area contributed by atoms with Crippen LogP contribution in [-0.2, 0) is 20.4 Å². The zero-order valence-electron chi connectivity index (χ0n) is 14.2. The summed E-state index contributed by atoms with van der Waals surface area (Å²) in [6.45, 7) is 2.60. The first-order chi connectivity index (χ1) is 11.9. The minimum atomic E-state index is -3.59. The van der Waals surface area contributed by atoms with Crippen molar-refractivity contribution in [3.63, 3.8) is 0 Å². The highest BCUT2D eigenvalue weighted by molar-refractivity contribution is 7.91. The first-order valence-corrected chi connectivity index (χ1v) is 10.3. The van der Waals surface area contributed by atoms with E-state index in [9.17, 15) is 13.2 Å². The molecular formula is C18H22N2O4S. The number of carbonyl (C=O) groups is 1. The third-order valence-electron chi connectivity index (χ3n) is 4.45. The Morgan fingerprint density at radius 3 is 2.76 bits per heavy atom. The third kappa shape index (κ3) is 4.48. The van der Waals surface area contributed by atoms with Crippen LogP contribution in [0.4, 0.5) is 0 Å². The van der Waals surface area contributed by atoms with Crippen LogP contribution in [0, 0.1) is 0 Å². The van der Waals surface area contributed by atoms with Crippen LogP contribution in [0.1, 0.15) is 31.9 Å². The second-order valence-electron chi connectivity index (χ2n) is 6.51. The molecule has 0 saturated carbocycles. The molecule has 1 aromatic carbocycles. The molecule has 1 aromatic heterocycles. The van der Waals surface area contributed by atoms with E-state index in [0.717, 1.165) is 24.8 Å². The number of piperidine rings is 1. The quantitative estimate of drug-likeness (QED) is 0.817. The van der Waals surface area contributed by atoms with Gasteiger partial charge < -0.3 is 9.42 Å². The number of hydrogen-bond acceptors (Lipinski definition) is 5. The van der Waals surface area contributed by atoms with Crippen molar-refractivity contribution in [3.05, 3.63) is 42.1 Å². The van der Waals surface area contributed by atoms with E-state index < -0.39 is 15.6 Å². The molecule has 1 aliphatic rings. The van der Waals surface area contributed by atoms with Crippen LogP contribution in [0.2, 0.25) is 0 Å². The molecule has 0 spiro atoms. The van der Waals surface area contributed by atoms with Crippen molar-refractivity contribution >= 4 is 15.7 Å². The normalized spacial score (nSPS) is 18.3. The highest BCUT2D eigenvalue weighted by Gasteiger charge is 2.28. The maximum atomic E-state index is 12.4. The molecule has 25 heavy (non-hydrogen) atoms. The van der Waals surface area contributed by atoms with Crippen molar-refractivity contribution in [2.45, 2.75) is 38.0 Å². The standard InChI is InChI=1S/C18H22N2O4S/c1-14-7-5-6-10-20(14)18(21)13-25(22,23)12-16-11-17(24-19-16)15-8-3-2-4-9-15/h2-4,8-9,11,14H,5-7,10,12-13H2,1H3. The lowest BCUT2D eigenvalue weighted by Gasteiger charge is -2.33. The highest BCUT2D eigenvalue weighted by Crippen LogP contribution is 2.21. The van der Waals surface area contributed by atoms with E-state index in [0.29, 0.717) is 18.0 Å². The zero-order chi connectivity index (χ0) is 17.9. The average molecular weight is 362 g/mol. The number of hydrogen-bond donors (Lipinski definition) is 0. The van der Waals surface area contributed by atoms with Crippen LogP contribution in [0.15, 0.2) is 40.9 Å². The molecule has 0 N–H and O–H groups in total. The second-order valence-corrected chi connectivity index (χ2v) is 8.58. The van der Waals surface area contributed by atoms with Crippen molar-refractivity contribution in [1.29, 1.82) is 0 Å². The van der Waals surface area contributed by atoms with Gasteiger partial charge in [-0.25, -0.2) is 8.42 Å². The Morgan fingerprint density at radius 2 is 2.04 bits per heavy atom. The van der Waals surface area contributed by atoms with E-state index in [2.05, 4.69) is 5.16 Å². The van der Waals surface area contributed by atoms with E-state index in [-0.39, 0.29) is 17.7 Å². The van der Waals surface area contributed by atoms with Gasteiger partial charge in [0.25, 0.3) is 0 Å². The van der Waals surface area contributed by atoms with Crippen molar-refractivity contribution in [1.82, 2.24) is 10.1 Å². The van der Waals surface area contributed by atoms with Gasteiger partial charge >= 0.3 is 0 Å². The topological polar surface area (TPSA) is 80.5 Å². The molecule has 1 unspecified atom stereocenters. The third-order valence-corrected chi connectivity index (χ3v) is 5.87. The summed E-state index contributed by atoms with van der Waals surface area (Å²) in [5, 5.41) is 3.83. The Balaban J connectivity index is 1.65. The minimum absolute atomic E-state index is 0.105. The smallest absolute Gasteiger partial charge is 0.238 e. The van der Waals surface area contributed by atoms with Gasteiger partial charge in [-0.05, 0) is 26.2 Å². The lowest BCUT2D eigenvalue weighted by Crippen LogP contribution is -2.44. The van der Waals surface area contributed by atoms with Crippen LogP contribution in [0.25, 0.3) is 11.3 Å². The van der Waals surface area contributed by atoms with Crippen LogP contribution >= 0.6 is 0 Å². The van der Waals surface area contributed by atoms with E-state index in [4.69, 9.17) is 4.52 Å². The Bertz CT molecular complexity index is 830. The predicted octanol–water partition coefficient (Wildman–Crippen LogP) is 2.66. The van der Waals surface area contributed by atoms with Gasteiger partial charge in [0.1, 0.15) is 5.75 Å². The summed E-state index contributed by atoms with van der Waals surface area (Å²) < 4.78 is 30.0. The number of benzene rings is 1. The van der Waals surface area contributed by atoms with Crippen molar-refractivity contribution in [3.8, 4) is 11.3 Å². The summed E-state index contributed by atoms with van der Waals surface area (Å²) in [6.07, 6.45) is 2.94. The molecule has 0 bridgehead atoms. The maximum absolute atomic E-state index is 12.4. The Hall–Kier alpha value is -2.15. The number of rotatable bonds is 5. The van der Waals surface area contributed by atoms with Gasteiger partial charge in [0.2, 0.25) is 5.91 Å². The van der Waals surface area contributed by atoms with Gasteiger partial charge in [0, 0.05) is 24.2 Å². The molecule has 1 fully saturated rings. The Morgan fingerprint density at radius 1 is 1.28 bits per heavy atom. The molecule has 1 saturated heterocycles. The highest BCUT2D eigenvalue weighted by atomic mass is 32.2. The molecule has 7 heteroatoms. The molecule has 0 aliphatic carbocycles.